The fourth-order valence-electron chi connectivity index (χ4n) is 4.24. The molecule has 1 aromatic heterocycles. The lowest BCUT2D eigenvalue weighted by atomic mass is 9.91. The normalized spacial score (nSPS) is 26.0. The summed E-state index contributed by atoms with van der Waals surface area (Å²) in [6.07, 6.45) is 7.64. The third-order valence-electron chi connectivity index (χ3n) is 6.16. The monoisotopic (exact) mass is 373 g/mol. The number of carbonyl (C=O) groups excluding carboxylic acids is 1. The molecule has 3 heterocycles. The summed E-state index contributed by atoms with van der Waals surface area (Å²) in [6, 6.07) is 6.45. The Hall–Kier alpha value is -1.50. The number of amides is 1. The predicted octanol–water partition coefficient (Wildman–Crippen LogP) is 2.09. The van der Waals surface area contributed by atoms with Gasteiger partial charge >= 0.3 is 0 Å². The summed E-state index contributed by atoms with van der Waals surface area (Å²) >= 11 is 0. The summed E-state index contributed by atoms with van der Waals surface area (Å²) in [5.74, 6) is 0.812. The Morgan fingerprint density at radius 3 is 2.70 bits per heavy atom. The standard InChI is InChI=1S/C21H31N3O3/c25-21-15-23(19-5-3-6-19)13-20(27-16-18-4-1-2-9-22-18)14-24(21)12-17-7-10-26-11-8-17/h1-2,4,9,17,19-20H,3,5-8,10-16H2. The summed E-state index contributed by atoms with van der Waals surface area (Å²) in [5.41, 5.74) is 0.944. The summed E-state index contributed by atoms with van der Waals surface area (Å²) in [7, 11) is 0. The lowest BCUT2D eigenvalue weighted by molar-refractivity contribution is -0.133. The molecule has 2 saturated heterocycles. The van der Waals surface area contributed by atoms with Crippen LogP contribution in [0.3, 0.4) is 0 Å². The van der Waals surface area contributed by atoms with Crippen LogP contribution in [0.25, 0.3) is 0 Å². The number of aromatic nitrogens is 1. The van der Waals surface area contributed by atoms with Crippen LogP contribution in [-0.4, -0.2) is 72.2 Å². The van der Waals surface area contributed by atoms with Gasteiger partial charge in [-0.05, 0) is 43.7 Å². The molecule has 2 aliphatic heterocycles. The van der Waals surface area contributed by atoms with Crippen molar-refractivity contribution in [1.29, 1.82) is 0 Å². The van der Waals surface area contributed by atoms with Crippen molar-refractivity contribution in [3.63, 3.8) is 0 Å². The second-order valence-corrected chi connectivity index (χ2v) is 8.12. The van der Waals surface area contributed by atoms with E-state index in [4.69, 9.17) is 9.47 Å². The van der Waals surface area contributed by atoms with E-state index in [1.807, 2.05) is 18.2 Å². The van der Waals surface area contributed by atoms with Crippen LogP contribution in [0.1, 0.15) is 37.8 Å². The first-order chi connectivity index (χ1) is 13.3. The SMILES string of the molecule is O=C1CN(C2CCC2)CC(OCc2ccccn2)CN1CC1CCOCC1. The van der Waals surface area contributed by atoms with Crippen LogP contribution in [-0.2, 0) is 20.9 Å². The summed E-state index contributed by atoms with van der Waals surface area (Å²) in [5, 5.41) is 0. The smallest absolute Gasteiger partial charge is 0.236 e. The van der Waals surface area contributed by atoms with E-state index in [1.165, 1.54) is 19.3 Å². The van der Waals surface area contributed by atoms with Crippen LogP contribution in [0.4, 0.5) is 0 Å². The van der Waals surface area contributed by atoms with Crippen LogP contribution < -0.4 is 0 Å². The Balaban J connectivity index is 1.41. The van der Waals surface area contributed by atoms with Crippen molar-refractivity contribution in [2.24, 2.45) is 5.92 Å². The Morgan fingerprint density at radius 2 is 2.00 bits per heavy atom. The maximum Gasteiger partial charge on any atom is 0.236 e. The van der Waals surface area contributed by atoms with Crippen molar-refractivity contribution in [2.75, 3.05) is 39.4 Å². The highest BCUT2D eigenvalue weighted by Gasteiger charge is 2.35. The number of carbonyl (C=O) groups is 1. The molecule has 6 nitrogen and oxygen atoms in total. The molecule has 27 heavy (non-hydrogen) atoms. The average molecular weight is 373 g/mol. The highest BCUT2D eigenvalue weighted by molar-refractivity contribution is 5.78. The minimum atomic E-state index is 0.0406. The minimum absolute atomic E-state index is 0.0406. The molecule has 4 rings (SSSR count). The van der Waals surface area contributed by atoms with E-state index in [-0.39, 0.29) is 12.0 Å². The number of ether oxygens (including phenoxy) is 2. The third kappa shape index (κ3) is 5.06. The molecular formula is C21H31N3O3. The van der Waals surface area contributed by atoms with Gasteiger partial charge in [0.1, 0.15) is 0 Å². The molecule has 0 radical (unpaired) electrons. The van der Waals surface area contributed by atoms with Crippen molar-refractivity contribution in [2.45, 2.75) is 50.9 Å². The largest absolute Gasteiger partial charge is 0.381 e. The van der Waals surface area contributed by atoms with Gasteiger partial charge in [-0.3, -0.25) is 14.7 Å². The van der Waals surface area contributed by atoms with Crippen LogP contribution in [0.2, 0.25) is 0 Å². The highest BCUT2D eigenvalue weighted by Crippen LogP contribution is 2.27. The number of nitrogens with zero attached hydrogens (tertiary/aromatic N) is 3. The first kappa shape index (κ1) is 18.8. The van der Waals surface area contributed by atoms with E-state index in [1.54, 1.807) is 6.20 Å². The van der Waals surface area contributed by atoms with E-state index in [0.29, 0.717) is 31.7 Å². The van der Waals surface area contributed by atoms with Gasteiger partial charge in [-0.25, -0.2) is 0 Å². The highest BCUT2D eigenvalue weighted by atomic mass is 16.5. The van der Waals surface area contributed by atoms with Gasteiger partial charge in [0, 0.05) is 45.1 Å². The minimum Gasteiger partial charge on any atom is -0.381 e. The number of hydrogen-bond acceptors (Lipinski definition) is 5. The quantitative estimate of drug-likeness (QED) is 0.764. The van der Waals surface area contributed by atoms with Crippen LogP contribution in [0, 0.1) is 5.92 Å². The Labute approximate surface area is 161 Å². The van der Waals surface area contributed by atoms with Crippen molar-refractivity contribution < 1.29 is 14.3 Å². The zero-order chi connectivity index (χ0) is 18.5. The van der Waals surface area contributed by atoms with Gasteiger partial charge in [-0.2, -0.15) is 0 Å². The second kappa shape index (κ2) is 9.13. The van der Waals surface area contributed by atoms with Gasteiger partial charge in [0.25, 0.3) is 0 Å². The average Bonchev–Trinajstić information content (AvgIpc) is 2.79. The van der Waals surface area contributed by atoms with Gasteiger partial charge < -0.3 is 14.4 Å². The Kier molecular flexibility index (Phi) is 6.37. The van der Waals surface area contributed by atoms with Gasteiger partial charge in [-0.1, -0.05) is 12.5 Å². The number of rotatable bonds is 6. The zero-order valence-corrected chi connectivity index (χ0v) is 16.1. The molecule has 1 unspecified atom stereocenters. The van der Waals surface area contributed by atoms with E-state index >= 15 is 0 Å². The maximum absolute atomic E-state index is 12.9. The Bertz CT molecular complexity index is 602. The number of hydrogen-bond donors (Lipinski definition) is 0. The Morgan fingerprint density at radius 1 is 1.15 bits per heavy atom. The molecule has 148 valence electrons. The van der Waals surface area contributed by atoms with Crippen molar-refractivity contribution in [1.82, 2.24) is 14.8 Å². The zero-order valence-electron chi connectivity index (χ0n) is 16.1. The lowest BCUT2D eigenvalue weighted by Gasteiger charge is -2.37. The molecule has 3 fully saturated rings. The molecule has 3 aliphatic rings. The topological polar surface area (TPSA) is 54.9 Å². The van der Waals surface area contributed by atoms with Crippen LogP contribution in [0.15, 0.2) is 24.4 Å². The molecule has 0 aromatic carbocycles. The predicted molar refractivity (Wildman–Crippen MR) is 102 cm³/mol. The van der Waals surface area contributed by atoms with E-state index in [0.717, 1.165) is 44.8 Å². The third-order valence-corrected chi connectivity index (χ3v) is 6.16. The van der Waals surface area contributed by atoms with Gasteiger partial charge in [0.05, 0.1) is 24.9 Å². The maximum atomic E-state index is 12.9. The van der Waals surface area contributed by atoms with Crippen molar-refractivity contribution in [3.8, 4) is 0 Å². The molecule has 6 heteroatoms. The van der Waals surface area contributed by atoms with Gasteiger partial charge in [-0.15, -0.1) is 0 Å². The van der Waals surface area contributed by atoms with E-state index in [2.05, 4.69) is 14.8 Å². The van der Waals surface area contributed by atoms with Crippen LogP contribution in [0.5, 0.6) is 0 Å². The van der Waals surface area contributed by atoms with Crippen LogP contribution >= 0.6 is 0 Å². The molecule has 1 aromatic rings. The first-order valence-corrected chi connectivity index (χ1v) is 10.4. The summed E-state index contributed by atoms with van der Waals surface area (Å²) < 4.78 is 11.7. The molecule has 1 saturated carbocycles. The molecule has 1 amide bonds. The summed E-state index contributed by atoms with van der Waals surface area (Å²) in [6.45, 7) is 5.05. The fourth-order valence-corrected chi connectivity index (χ4v) is 4.24. The van der Waals surface area contributed by atoms with Crippen molar-refractivity contribution in [3.05, 3.63) is 30.1 Å². The molecule has 0 spiro atoms. The summed E-state index contributed by atoms with van der Waals surface area (Å²) in [4.78, 5) is 21.7. The fraction of sp³-hybridized carbons (Fsp3) is 0.714. The molecular weight excluding hydrogens is 342 g/mol. The molecule has 1 aliphatic carbocycles. The van der Waals surface area contributed by atoms with E-state index in [9.17, 15) is 4.79 Å². The van der Waals surface area contributed by atoms with Crippen molar-refractivity contribution >= 4 is 5.91 Å². The van der Waals surface area contributed by atoms with Gasteiger partial charge in [0.15, 0.2) is 0 Å². The lowest BCUT2D eigenvalue weighted by Crippen LogP contribution is -2.46. The molecule has 0 bridgehead atoms. The molecule has 1 atom stereocenters. The number of pyridine rings is 1. The molecule has 0 N–H and O–H groups in total. The second-order valence-electron chi connectivity index (χ2n) is 8.12. The first-order valence-electron chi connectivity index (χ1n) is 10.4. The van der Waals surface area contributed by atoms with Gasteiger partial charge in [0.2, 0.25) is 5.91 Å². The van der Waals surface area contributed by atoms with E-state index < -0.39 is 0 Å².